The van der Waals surface area contributed by atoms with Gasteiger partial charge in [0, 0.05) is 41.5 Å². The lowest BCUT2D eigenvalue weighted by Crippen LogP contribution is -2.66. The van der Waals surface area contributed by atoms with Gasteiger partial charge in [0.2, 0.25) is 0 Å². The summed E-state index contributed by atoms with van der Waals surface area (Å²) in [5.74, 6) is -6.93. The third kappa shape index (κ3) is 10.2. The first kappa shape index (κ1) is 39.6. The molecule has 0 aliphatic carbocycles. The van der Waals surface area contributed by atoms with Crippen molar-refractivity contribution in [2.75, 3.05) is 20.3 Å². The number of rotatable bonds is 13. The minimum absolute atomic E-state index is 0.121. The Balaban J connectivity index is 1.76. The quantitative estimate of drug-likeness (QED) is 0.201. The van der Waals surface area contributed by atoms with Crippen molar-refractivity contribution in [3.63, 3.8) is 0 Å². The van der Waals surface area contributed by atoms with Crippen LogP contribution in [0.3, 0.4) is 0 Å². The van der Waals surface area contributed by atoms with Crippen molar-refractivity contribution in [2.45, 2.75) is 115 Å². The summed E-state index contributed by atoms with van der Waals surface area (Å²) in [6.45, 7) is 6.17. The number of carbonyl (C=O) groups excluding carboxylic acids is 6. The van der Waals surface area contributed by atoms with Gasteiger partial charge in [0.05, 0.1) is 20.3 Å². The summed E-state index contributed by atoms with van der Waals surface area (Å²) in [5.41, 5.74) is 0.818. The highest BCUT2D eigenvalue weighted by molar-refractivity contribution is 5.77. The molecule has 11 atom stereocenters. The lowest BCUT2D eigenvalue weighted by molar-refractivity contribution is -0.348. The molecule has 0 aromatic heterocycles. The molecule has 3 aliphatic rings. The number of hydrogen-bond acceptors (Lipinski definition) is 18. The normalized spacial score (nSPS) is 32.8. The van der Waals surface area contributed by atoms with E-state index in [1.54, 1.807) is 0 Å². The highest BCUT2D eigenvalue weighted by Crippen LogP contribution is 2.41. The van der Waals surface area contributed by atoms with Crippen LogP contribution in [0.2, 0.25) is 0 Å². The Kier molecular flexibility index (Phi) is 13.5. The molecule has 18 heteroatoms. The predicted molar refractivity (Wildman–Crippen MR) is 164 cm³/mol. The number of hydrogen-bond donors (Lipinski definition) is 0. The van der Waals surface area contributed by atoms with Gasteiger partial charge in [-0.1, -0.05) is 30.3 Å². The Morgan fingerprint density at radius 3 is 1.82 bits per heavy atom. The molecule has 5 unspecified atom stereocenters. The molecule has 3 fully saturated rings. The zero-order chi connectivity index (χ0) is 37.5. The van der Waals surface area contributed by atoms with Gasteiger partial charge in [-0.3, -0.25) is 24.0 Å². The van der Waals surface area contributed by atoms with E-state index >= 15 is 0 Å². The van der Waals surface area contributed by atoms with Crippen molar-refractivity contribution < 1.29 is 85.6 Å². The summed E-state index contributed by atoms with van der Waals surface area (Å²) in [7, 11) is 1.13. The first-order valence-electron chi connectivity index (χ1n) is 16.0. The molecular weight excluding hydrogens is 684 g/mol. The van der Waals surface area contributed by atoms with Crippen LogP contribution in [0, 0.1) is 0 Å². The van der Waals surface area contributed by atoms with Gasteiger partial charge in [-0.2, -0.15) is 0 Å². The fourth-order valence-corrected chi connectivity index (χ4v) is 5.83. The van der Waals surface area contributed by atoms with Crippen molar-refractivity contribution in [2.24, 2.45) is 0 Å². The molecular formula is C33H42O18. The molecule has 4 rings (SSSR count). The van der Waals surface area contributed by atoms with Gasteiger partial charge >= 0.3 is 35.8 Å². The molecule has 18 nitrogen and oxygen atoms in total. The van der Waals surface area contributed by atoms with Crippen molar-refractivity contribution in [3.05, 3.63) is 35.9 Å². The van der Waals surface area contributed by atoms with Crippen LogP contribution in [0.25, 0.3) is 0 Å². The maximum atomic E-state index is 12.7. The average Bonchev–Trinajstić information content (AvgIpc) is 3.40. The lowest BCUT2D eigenvalue weighted by atomic mass is 9.96. The van der Waals surface area contributed by atoms with E-state index in [2.05, 4.69) is 0 Å². The van der Waals surface area contributed by atoms with Gasteiger partial charge in [0.1, 0.15) is 24.9 Å². The molecule has 0 bridgehead atoms. The number of carbonyl (C=O) groups is 6. The van der Waals surface area contributed by atoms with Crippen molar-refractivity contribution in [1.82, 2.24) is 0 Å². The van der Waals surface area contributed by atoms with Gasteiger partial charge in [-0.25, -0.2) is 4.79 Å². The van der Waals surface area contributed by atoms with Crippen LogP contribution in [0.5, 0.6) is 0 Å². The van der Waals surface area contributed by atoms with E-state index in [4.69, 9.17) is 56.8 Å². The molecule has 0 spiro atoms. The van der Waals surface area contributed by atoms with Crippen LogP contribution in [0.1, 0.15) is 47.1 Å². The number of esters is 6. The largest absolute Gasteiger partial charge is 0.465 e. The summed E-state index contributed by atoms with van der Waals surface area (Å²) < 4.78 is 68.7. The molecule has 0 radical (unpaired) electrons. The topological polar surface area (TPSA) is 213 Å². The number of fused-ring (bicyclic) bond motifs is 1. The van der Waals surface area contributed by atoms with Gasteiger partial charge < -0.3 is 56.8 Å². The Morgan fingerprint density at radius 2 is 1.24 bits per heavy atom. The second-order valence-corrected chi connectivity index (χ2v) is 11.9. The minimum Gasteiger partial charge on any atom is -0.465 e. The van der Waals surface area contributed by atoms with E-state index in [1.807, 2.05) is 30.3 Å². The maximum Gasteiger partial charge on any atom is 0.366 e. The predicted octanol–water partition coefficient (Wildman–Crippen LogP) is 0.633. The van der Waals surface area contributed by atoms with Crippen molar-refractivity contribution >= 4 is 35.8 Å². The molecule has 51 heavy (non-hydrogen) atoms. The van der Waals surface area contributed by atoms with E-state index in [-0.39, 0.29) is 13.2 Å². The molecule has 3 aliphatic heterocycles. The Labute approximate surface area is 293 Å². The maximum absolute atomic E-state index is 12.7. The molecule has 0 N–H and O–H groups in total. The van der Waals surface area contributed by atoms with E-state index in [1.165, 1.54) is 6.92 Å². The summed E-state index contributed by atoms with van der Waals surface area (Å²) in [5, 5.41) is 0. The second kappa shape index (κ2) is 17.3. The van der Waals surface area contributed by atoms with E-state index in [9.17, 15) is 28.8 Å². The van der Waals surface area contributed by atoms with Crippen molar-refractivity contribution in [1.29, 1.82) is 0 Å². The van der Waals surface area contributed by atoms with E-state index in [0.717, 1.165) is 47.3 Å². The van der Waals surface area contributed by atoms with Crippen LogP contribution in [-0.2, 0) is 92.2 Å². The van der Waals surface area contributed by atoms with Gasteiger partial charge in [0.25, 0.3) is 5.79 Å². The smallest absolute Gasteiger partial charge is 0.366 e. The van der Waals surface area contributed by atoms with E-state index < -0.39 is 110 Å². The highest BCUT2D eigenvalue weighted by Gasteiger charge is 2.62. The molecule has 0 amide bonds. The molecule has 1 aromatic rings. The minimum atomic E-state index is -1.98. The molecule has 1 aromatic carbocycles. The summed E-state index contributed by atoms with van der Waals surface area (Å²) in [6.07, 6.45) is -14.2. The Bertz CT molecular complexity index is 1420. The van der Waals surface area contributed by atoms with Crippen LogP contribution in [0.4, 0.5) is 0 Å². The fourth-order valence-electron chi connectivity index (χ4n) is 5.83. The van der Waals surface area contributed by atoms with E-state index in [0.29, 0.717) is 0 Å². The first-order chi connectivity index (χ1) is 24.1. The third-order valence-electron chi connectivity index (χ3n) is 7.78. The SMILES string of the molecule is COC(=O)C1(C)OC2C(OC(C)=O)[C@H](O[C@@H]3OC(COC(C)=O)[C@H](OC(C)=O)[C@H](OC(C)=O)C3OC(C)=O)[C@@H](COCc3ccccc3)O[C@@H]2O1. The van der Waals surface area contributed by atoms with Crippen LogP contribution >= 0.6 is 0 Å². The van der Waals surface area contributed by atoms with Gasteiger partial charge in [-0.15, -0.1) is 0 Å². The second-order valence-electron chi connectivity index (χ2n) is 11.9. The summed E-state index contributed by atoms with van der Waals surface area (Å²) >= 11 is 0. The number of ether oxygens (including phenoxy) is 12. The molecule has 0 saturated carbocycles. The summed E-state index contributed by atoms with van der Waals surface area (Å²) in [4.78, 5) is 73.9. The monoisotopic (exact) mass is 726 g/mol. The Morgan fingerprint density at radius 1 is 0.667 bits per heavy atom. The zero-order valence-corrected chi connectivity index (χ0v) is 29.1. The summed E-state index contributed by atoms with van der Waals surface area (Å²) in [6, 6.07) is 9.15. The molecule has 3 saturated heterocycles. The van der Waals surface area contributed by atoms with Crippen LogP contribution < -0.4 is 0 Å². The fraction of sp³-hybridized carbons (Fsp3) is 0.636. The highest BCUT2D eigenvalue weighted by atomic mass is 16.9. The average molecular weight is 727 g/mol. The number of benzene rings is 1. The van der Waals surface area contributed by atoms with Gasteiger partial charge in [-0.05, 0) is 5.56 Å². The number of methoxy groups -OCH3 is 1. The lowest BCUT2D eigenvalue weighted by Gasteiger charge is -2.47. The van der Waals surface area contributed by atoms with Gasteiger partial charge in [0.15, 0.2) is 43.1 Å². The standard InChI is InChI=1S/C33H42O18/c1-16(34)42-15-23-24(43-17(2)35)26(44-18(3)36)28(46-20(5)38)30(47-23)49-25-22(14-41-13-21-11-9-8-10-12-21)48-31-29(27(25)45-19(4)37)50-33(6,51-31)32(39)40-7/h8-12,22-31H,13-15H2,1-7H3/t22-,23?,24+,25-,26+,27?,28?,29?,30+,31-,33?/m1/s1. The van der Waals surface area contributed by atoms with Crippen LogP contribution in [0.15, 0.2) is 30.3 Å². The first-order valence-corrected chi connectivity index (χ1v) is 16.0. The Hall–Kier alpha value is -4.20. The molecule has 282 valence electrons. The zero-order valence-electron chi connectivity index (χ0n) is 29.1. The third-order valence-corrected chi connectivity index (χ3v) is 7.78. The van der Waals surface area contributed by atoms with Crippen molar-refractivity contribution in [3.8, 4) is 0 Å². The molecule has 3 heterocycles. The van der Waals surface area contributed by atoms with Crippen LogP contribution in [-0.4, -0.2) is 123 Å².